The Labute approximate surface area is 83.1 Å². The van der Waals surface area contributed by atoms with Crippen molar-refractivity contribution < 1.29 is 14.7 Å². The van der Waals surface area contributed by atoms with Gasteiger partial charge >= 0.3 is 0 Å². The van der Waals surface area contributed by atoms with Crippen LogP contribution in [0, 0.1) is 0 Å². The standard InChI is InChI=1S/C9H16N2O3/c1-10-8(6-13)9(14)11-4-2-3-7(11)5-12/h5,7-8,10,13H,2-4,6H2,1H3/t7-,8-/m0/s1. The molecule has 1 aliphatic rings. The van der Waals surface area contributed by atoms with E-state index in [1.165, 1.54) is 4.90 Å². The van der Waals surface area contributed by atoms with Gasteiger partial charge < -0.3 is 20.1 Å². The van der Waals surface area contributed by atoms with E-state index in [4.69, 9.17) is 5.11 Å². The number of aliphatic hydroxyl groups excluding tert-OH is 1. The van der Waals surface area contributed by atoms with Gasteiger partial charge in [0.05, 0.1) is 12.6 Å². The SMILES string of the molecule is CN[C@@H](CO)C(=O)N1CCC[C@H]1C=O. The zero-order valence-electron chi connectivity index (χ0n) is 8.27. The molecule has 1 heterocycles. The highest BCUT2D eigenvalue weighted by Gasteiger charge is 2.31. The van der Waals surface area contributed by atoms with E-state index in [0.717, 1.165) is 19.1 Å². The maximum Gasteiger partial charge on any atom is 0.242 e. The predicted octanol–water partition coefficient (Wildman–Crippen LogP) is -1.24. The number of likely N-dealkylation sites (tertiary alicyclic amines) is 1. The molecule has 0 bridgehead atoms. The number of carbonyl (C=O) groups excluding carboxylic acids is 2. The van der Waals surface area contributed by atoms with Crippen LogP contribution >= 0.6 is 0 Å². The average Bonchev–Trinajstić information content (AvgIpc) is 2.67. The molecule has 0 aromatic carbocycles. The highest BCUT2D eigenvalue weighted by Crippen LogP contribution is 2.16. The molecule has 1 saturated heterocycles. The van der Waals surface area contributed by atoms with Crippen LogP contribution in [-0.4, -0.2) is 54.5 Å². The lowest BCUT2D eigenvalue weighted by Gasteiger charge is -2.24. The minimum atomic E-state index is -0.587. The van der Waals surface area contributed by atoms with Crippen molar-refractivity contribution in [2.75, 3.05) is 20.2 Å². The van der Waals surface area contributed by atoms with Crippen molar-refractivity contribution in [2.45, 2.75) is 24.9 Å². The Morgan fingerprint density at radius 2 is 2.50 bits per heavy atom. The van der Waals surface area contributed by atoms with E-state index in [1.54, 1.807) is 7.05 Å². The highest BCUT2D eigenvalue weighted by atomic mass is 16.3. The third-order valence-corrected chi connectivity index (χ3v) is 2.57. The summed E-state index contributed by atoms with van der Waals surface area (Å²) in [5.74, 6) is -0.190. The maximum atomic E-state index is 11.7. The number of carbonyl (C=O) groups is 2. The van der Waals surface area contributed by atoms with Gasteiger partial charge in [-0.1, -0.05) is 0 Å². The molecule has 14 heavy (non-hydrogen) atoms. The molecule has 1 aliphatic heterocycles. The normalized spacial score (nSPS) is 23.6. The van der Waals surface area contributed by atoms with E-state index >= 15 is 0 Å². The molecule has 1 amide bonds. The van der Waals surface area contributed by atoms with Crippen LogP contribution in [-0.2, 0) is 9.59 Å². The summed E-state index contributed by atoms with van der Waals surface area (Å²) >= 11 is 0. The second-order valence-electron chi connectivity index (χ2n) is 3.40. The number of likely N-dealkylation sites (N-methyl/N-ethyl adjacent to an activating group) is 1. The molecule has 5 nitrogen and oxygen atoms in total. The number of rotatable bonds is 4. The Balaban J connectivity index is 2.62. The van der Waals surface area contributed by atoms with E-state index in [1.807, 2.05) is 0 Å². The molecular formula is C9H16N2O3. The first kappa shape index (κ1) is 11.1. The molecule has 2 atom stereocenters. The van der Waals surface area contributed by atoms with Crippen molar-refractivity contribution >= 4 is 12.2 Å². The molecule has 2 N–H and O–H groups in total. The monoisotopic (exact) mass is 200 g/mol. The lowest BCUT2D eigenvalue weighted by atomic mass is 10.2. The lowest BCUT2D eigenvalue weighted by molar-refractivity contribution is -0.137. The second kappa shape index (κ2) is 5.07. The molecule has 5 heteroatoms. The Kier molecular flexibility index (Phi) is 4.03. The number of hydrogen-bond donors (Lipinski definition) is 2. The summed E-state index contributed by atoms with van der Waals surface area (Å²) in [6.45, 7) is 0.373. The first-order valence-corrected chi connectivity index (χ1v) is 4.78. The molecule has 1 rings (SSSR count). The largest absolute Gasteiger partial charge is 0.394 e. The summed E-state index contributed by atoms with van der Waals surface area (Å²) in [7, 11) is 1.62. The summed E-state index contributed by atoms with van der Waals surface area (Å²) in [6.07, 6.45) is 2.39. The first-order valence-electron chi connectivity index (χ1n) is 4.78. The van der Waals surface area contributed by atoms with Gasteiger partial charge in [0.15, 0.2) is 0 Å². The van der Waals surface area contributed by atoms with Gasteiger partial charge in [-0.3, -0.25) is 4.79 Å². The van der Waals surface area contributed by atoms with Gasteiger partial charge in [-0.15, -0.1) is 0 Å². The smallest absolute Gasteiger partial charge is 0.242 e. The van der Waals surface area contributed by atoms with Crippen molar-refractivity contribution in [3.63, 3.8) is 0 Å². The Morgan fingerprint density at radius 1 is 1.79 bits per heavy atom. The van der Waals surface area contributed by atoms with Gasteiger partial charge in [0, 0.05) is 6.54 Å². The number of nitrogens with zero attached hydrogens (tertiary/aromatic N) is 1. The first-order chi connectivity index (χ1) is 6.74. The fourth-order valence-corrected chi connectivity index (χ4v) is 1.70. The molecule has 0 radical (unpaired) electrons. The minimum absolute atomic E-state index is 0.190. The summed E-state index contributed by atoms with van der Waals surface area (Å²) in [5.41, 5.74) is 0. The van der Waals surface area contributed by atoms with Crippen molar-refractivity contribution in [3.8, 4) is 0 Å². The van der Waals surface area contributed by atoms with E-state index in [9.17, 15) is 9.59 Å². The predicted molar refractivity (Wildman–Crippen MR) is 50.7 cm³/mol. The van der Waals surface area contributed by atoms with Crippen molar-refractivity contribution in [3.05, 3.63) is 0 Å². The molecule has 80 valence electrons. The summed E-state index contributed by atoms with van der Waals surface area (Å²) in [6, 6.07) is -0.888. The zero-order chi connectivity index (χ0) is 10.6. The third-order valence-electron chi connectivity index (χ3n) is 2.57. The van der Waals surface area contributed by atoms with Crippen molar-refractivity contribution in [2.24, 2.45) is 0 Å². The fourth-order valence-electron chi connectivity index (χ4n) is 1.70. The third kappa shape index (κ3) is 2.10. The topological polar surface area (TPSA) is 69.6 Å². The van der Waals surface area contributed by atoms with E-state index in [2.05, 4.69) is 5.32 Å². The average molecular weight is 200 g/mol. The van der Waals surface area contributed by atoms with Gasteiger partial charge in [-0.25, -0.2) is 0 Å². The molecule has 0 unspecified atom stereocenters. The van der Waals surface area contributed by atoms with Crippen LogP contribution in [0.3, 0.4) is 0 Å². The Bertz CT molecular complexity index is 216. The van der Waals surface area contributed by atoms with E-state index < -0.39 is 6.04 Å². The number of hydrogen-bond acceptors (Lipinski definition) is 4. The molecule has 0 aromatic heterocycles. The van der Waals surface area contributed by atoms with Gasteiger partial charge in [0.2, 0.25) is 5.91 Å². The highest BCUT2D eigenvalue weighted by molar-refractivity contribution is 5.85. The van der Waals surface area contributed by atoms with Crippen LogP contribution in [0.1, 0.15) is 12.8 Å². The van der Waals surface area contributed by atoms with Gasteiger partial charge in [0.1, 0.15) is 12.3 Å². The number of nitrogens with one attached hydrogen (secondary N) is 1. The van der Waals surface area contributed by atoms with Gasteiger partial charge in [-0.2, -0.15) is 0 Å². The van der Waals surface area contributed by atoms with Gasteiger partial charge in [-0.05, 0) is 19.9 Å². The lowest BCUT2D eigenvalue weighted by Crippen LogP contribution is -2.49. The van der Waals surface area contributed by atoms with E-state index in [0.29, 0.717) is 6.54 Å². The summed E-state index contributed by atoms with van der Waals surface area (Å²) < 4.78 is 0. The van der Waals surface area contributed by atoms with Crippen LogP contribution in [0.4, 0.5) is 0 Å². The van der Waals surface area contributed by atoms with Crippen LogP contribution in [0.25, 0.3) is 0 Å². The number of amides is 1. The Morgan fingerprint density at radius 3 is 3.00 bits per heavy atom. The quantitative estimate of drug-likeness (QED) is 0.557. The number of aldehydes is 1. The van der Waals surface area contributed by atoms with Crippen molar-refractivity contribution in [1.82, 2.24) is 10.2 Å². The van der Waals surface area contributed by atoms with E-state index in [-0.39, 0.29) is 18.6 Å². The Hall–Kier alpha value is -0.940. The molecule has 0 saturated carbocycles. The van der Waals surface area contributed by atoms with Crippen LogP contribution in [0.5, 0.6) is 0 Å². The van der Waals surface area contributed by atoms with Crippen LogP contribution in [0.15, 0.2) is 0 Å². The number of aliphatic hydroxyl groups is 1. The minimum Gasteiger partial charge on any atom is -0.394 e. The van der Waals surface area contributed by atoms with Crippen LogP contribution < -0.4 is 5.32 Å². The summed E-state index contributed by atoms with van der Waals surface area (Å²) in [4.78, 5) is 23.9. The van der Waals surface area contributed by atoms with Crippen molar-refractivity contribution in [1.29, 1.82) is 0 Å². The summed E-state index contributed by atoms with van der Waals surface area (Å²) in [5, 5.41) is 11.6. The van der Waals surface area contributed by atoms with Gasteiger partial charge in [0.25, 0.3) is 0 Å². The molecule has 0 spiro atoms. The van der Waals surface area contributed by atoms with Crippen LogP contribution in [0.2, 0.25) is 0 Å². The molecule has 0 aromatic rings. The molecule has 1 fully saturated rings. The fraction of sp³-hybridized carbons (Fsp3) is 0.778. The zero-order valence-corrected chi connectivity index (χ0v) is 8.27. The molecular weight excluding hydrogens is 184 g/mol. The maximum absolute atomic E-state index is 11.7. The second-order valence-corrected chi connectivity index (χ2v) is 3.40. The molecule has 0 aliphatic carbocycles.